The van der Waals surface area contributed by atoms with Crippen molar-refractivity contribution in [3.05, 3.63) is 70.9 Å². The third kappa shape index (κ3) is 4.60. The van der Waals surface area contributed by atoms with Crippen LogP contribution in [0.25, 0.3) is 10.9 Å². The molecule has 2 heterocycles. The lowest BCUT2D eigenvalue weighted by molar-refractivity contribution is 0.276. The Hall–Kier alpha value is -2.10. The number of rotatable bonds is 8. The number of anilines is 1. The molecule has 0 spiro atoms. The number of aromatic nitrogens is 1. The summed E-state index contributed by atoms with van der Waals surface area (Å²) in [5.74, 6) is 0. The lowest BCUT2D eigenvalue weighted by atomic mass is 10.1. The highest BCUT2D eigenvalue weighted by molar-refractivity contribution is 6.31. The van der Waals surface area contributed by atoms with Crippen molar-refractivity contribution >= 4 is 28.2 Å². The van der Waals surface area contributed by atoms with E-state index >= 15 is 0 Å². The van der Waals surface area contributed by atoms with Crippen LogP contribution in [-0.4, -0.2) is 23.0 Å². The average Bonchev–Trinajstić information content (AvgIpc) is 3.10. The van der Waals surface area contributed by atoms with Gasteiger partial charge in [0.2, 0.25) is 0 Å². The van der Waals surface area contributed by atoms with E-state index in [0.717, 1.165) is 41.2 Å². The molecule has 0 radical (unpaired) electrons. The third-order valence-electron chi connectivity index (χ3n) is 5.33. The highest BCUT2D eigenvalue weighted by Gasteiger charge is 2.16. The topological polar surface area (TPSA) is 28.2 Å². The molecule has 1 aromatic heterocycles. The van der Waals surface area contributed by atoms with Gasteiger partial charge in [-0.15, -0.1) is 0 Å². The van der Waals surface area contributed by atoms with Crippen LogP contribution in [0.5, 0.6) is 0 Å². The number of nitrogens with zero attached hydrogens (tertiary/aromatic N) is 2. The first-order chi connectivity index (χ1) is 13.3. The van der Waals surface area contributed by atoms with Crippen LogP contribution < -0.4 is 5.32 Å². The van der Waals surface area contributed by atoms with Crippen molar-refractivity contribution in [3.63, 3.8) is 0 Å². The Morgan fingerprint density at radius 2 is 1.70 bits per heavy atom. The van der Waals surface area contributed by atoms with Crippen molar-refractivity contribution in [1.82, 2.24) is 9.88 Å². The molecular weight excluding hydrogens is 354 g/mol. The van der Waals surface area contributed by atoms with E-state index in [1.807, 2.05) is 30.5 Å². The molecule has 1 N–H and O–H groups in total. The molecule has 0 fully saturated rings. The van der Waals surface area contributed by atoms with Gasteiger partial charge < -0.3 is 5.32 Å². The molecule has 2 aromatic carbocycles. The van der Waals surface area contributed by atoms with Crippen LogP contribution in [0.2, 0.25) is 5.02 Å². The lowest BCUT2D eigenvalue weighted by Gasteiger charge is -2.14. The van der Waals surface area contributed by atoms with Crippen molar-refractivity contribution in [1.29, 1.82) is 0 Å². The summed E-state index contributed by atoms with van der Waals surface area (Å²) in [7, 11) is 0. The second-order valence-electron chi connectivity index (χ2n) is 7.34. The highest BCUT2D eigenvalue weighted by atomic mass is 35.5. The van der Waals surface area contributed by atoms with Gasteiger partial charge in [0.25, 0.3) is 0 Å². The van der Waals surface area contributed by atoms with Gasteiger partial charge in [0.15, 0.2) is 0 Å². The molecule has 0 aliphatic carbocycles. The summed E-state index contributed by atoms with van der Waals surface area (Å²) in [5, 5.41) is 5.42. The van der Waals surface area contributed by atoms with E-state index in [9.17, 15) is 0 Å². The zero-order valence-corrected chi connectivity index (χ0v) is 16.4. The molecule has 3 nitrogen and oxygen atoms in total. The molecule has 0 bridgehead atoms. The fraction of sp³-hybridized carbons (Fsp3) is 0.348. The van der Waals surface area contributed by atoms with Crippen molar-refractivity contribution in [2.24, 2.45) is 0 Å². The molecule has 3 aromatic rings. The maximum absolute atomic E-state index is 6.06. The number of unbranched alkanes of at least 4 members (excludes halogenated alkanes) is 3. The van der Waals surface area contributed by atoms with Gasteiger partial charge in [-0.2, -0.15) is 0 Å². The Morgan fingerprint density at radius 3 is 2.52 bits per heavy atom. The van der Waals surface area contributed by atoms with Crippen molar-refractivity contribution < 1.29 is 0 Å². The number of nitrogens with one attached hydrogen (secondary N) is 1. The van der Waals surface area contributed by atoms with E-state index in [-0.39, 0.29) is 0 Å². The van der Waals surface area contributed by atoms with Gasteiger partial charge >= 0.3 is 0 Å². The zero-order chi connectivity index (χ0) is 18.5. The fourth-order valence-electron chi connectivity index (χ4n) is 3.87. The van der Waals surface area contributed by atoms with Crippen molar-refractivity contribution in [2.75, 3.05) is 18.4 Å². The number of hydrogen-bond donors (Lipinski definition) is 1. The monoisotopic (exact) mass is 379 g/mol. The van der Waals surface area contributed by atoms with E-state index in [0.29, 0.717) is 0 Å². The van der Waals surface area contributed by atoms with E-state index in [4.69, 9.17) is 11.6 Å². The predicted octanol–water partition coefficient (Wildman–Crippen LogP) is 5.88. The van der Waals surface area contributed by atoms with Gasteiger partial charge in [-0.25, -0.2) is 0 Å². The Labute approximate surface area is 166 Å². The van der Waals surface area contributed by atoms with Gasteiger partial charge in [0.1, 0.15) is 0 Å². The Kier molecular flexibility index (Phi) is 5.90. The summed E-state index contributed by atoms with van der Waals surface area (Å²) in [6.45, 7) is 4.45. The molecule has 140 valence electrons. The van der Waals surface area contributed by atoms with Crippen molar-refractivity contribution in [3.8, 4) is 0 Å². The molecule has 1 aliphatic heterocycles. The van der Waals surface area contributed by atoms with Crippen LogP contribution in [0.4, 0.5) is 5.69 Å². The second-order valence-corrected chi connectivity index (χ2v) is 7.78. The molecule has 0 amide bonds. The maximum atomic E-state index is 6.06. The molecule has 0 unspecified atom stereocenters. The first-order valence-electron chi connectivity index (χ1n) is 9.87. The van der Waals surface area contributed by atoms with Crippen molar-refractivity contribution in [2.45, 2.75) is 38.8 Å². The van der Waals surface area contributed by atoms with E-state index in [2.05, 4.69) is 39.5 Å². The van der Waals surface area contributed by atoms with Gasteiger partial charge in [-0.05, 0) is 54.8 Å². The Bertz CT molecular complexity index is 884. The summed E-state index contributed by atoms with van der Waals surface area (Å²) in [6.07, 6.45) is 6.88. The second kappa shape index (κ2) is 8.73. The largest absolute Gasteiger partial charge is 0.384 e. The van der Waals surface area contributed by atoms with Gasteiger partial charge in [-0.1, -0.05) is 48.7 Å². The zero-order valence-electron chi connectivity index (χ0n) is 15.6. The molecule has 1 aliphatic rings. The molecule has 0 atom stereocenters. The first kappa shape index (κ1) is 18.3. The van der Waals surface area contributed by atoms with Crippen LogP contribution >= 0.6 is 11.6 Å². The minimum Gasteiger partial charge on any atom is -0.384 e. The minimum atomic E-state index is 0.730. The molecule has 4 rings (SSSR count). The number of benzene rings is 2. The maximum Gasteiger partial charge on any atom is 0.0737 e. The molecule has 0 saturated carbocycles. The van der Waals surface area contributed by atoms with Crippen LogP contribution in [0.1, 0.15) is 36.8 Å². The third-order valence-corrected chi connectivity index (χ3v) is 5.56. The number of pyridine rings is 1. The first-order valence-corrected chi connectivity index (χ1v) is 10.2. The van der Waals surface area contributed by atoms with Gasteiger partial charge in [0.05, 0.1) is 5.52 Å². The molecule has 4 heteroatoms. The van der Waals surface area contributed by atoms with Crippen LogP contribution in [-0.2, 0) is 13.1 Å². The summed E-state index contributed by atoms with van der Waals surface area (Å²) in [6, 6.07) is 16.7. The summed E-state index contributed by atoms with van der Waals surface area (Å²) < 4.78 is 0. The minimum absolute atomic E-state index is 0.730. The predicted molar refractivity (Wildman–Crippen MR) is 114 cm³/mol. The van der Waals surface area contributed by atoms with Crippen LogP contribution in [0, 0.1) is 0 Å². The smallest absolute Gasteiger partial charge is 0.0737 e. The lowest BCUT2D eigenvalue weighted by Crippen LogP contribution is -2.17. The number of halogens is 1. The normalized spacial score (nSPS) is 13.8. The van der Waals surface area contributed by atoms with Crippen LogP contribution in [0.3, 0.4) is 0 Å². The standard InChI is InChI=1S/C23H26ClN3/c24-20-9-10-21-22(11-13-26-23(21)15-20)25-12-5-1-2-6-14-27-16-18-7-3-4-8-19(18)17-27/h3-4,7-11,13,15H,1-2,5-6,12,14,16-17H2,(H,25,26). The van der Waals surface area contributed by atoms with Gasteiger partial charge in [0, 0.05) is 41.9 Å². The number of fused-ring (bicyclic) bond motifs is 2. The average molecular weight is 380 g/mol. The molecule has 27 heavy (non-hydrogen) atoms. The summed E-state index contributed by atoms with van der Waals surface area (Å²) in [5.41, 5.74) is 5.10. The van der Waals surface area contributed by atoms with E-state index in [1.54, 1.807) is 0 Å². The highest BCUT2D eigenvalue weighted by Crippen LogP contribution is 2.25. The number of hydrogen-bond acceptors (Lipinski definition) is 3. The van der Waals surface area contributed by atoms with E-state index in [1.165, 1.54) is 43.4 Å². The SMILES string of the molecule is Clc1ccc2c(NCCCCCCN3Cc4ccccc4C3)ccnc2c1. The van der Waals surface area contributed by atoms with Gasteiger partial charge in [-0.3, -0.25) is 9.88 Å². The quantitative estimate of drug-likeness (QED) is 0.495. The van der Waals surface area contributed by atoms with E-state index < -0.39 is 0 Å². The van der Waals surface area contributed by atoms with Crippen LogP contribution in [0.15, 0.2) is 54.7 Å². The Morgan fingerprint density at radius 1 is 0.926 bits per heavy atom. The Balaban J connectivity index is 1.15. The summed E-state index contributed by atoms with van der Waals surface area (Å²) >= 11 is 6.06. The molecular formula is C23H26ClN3. The molecule has 0 saturated heterocycles. The summed E-state index contributed by atoms with van der Waals surface area (Å²) in [4.78, 5) is 6.96. The fourth-order valence-corrected chi connectivity index (χ4v) is 4.04.